The van der Waals surface area contributed by atoms with Crippen LogP contribution in [0.5, 0.6) is 0 Å². The van der Waals surface area contributed by atoms with Crippen LogP contribution in [0.15, 0.2) is 78.2 Å². The van der Waals surface area contributed by atoms with Crippen molar-refractivity contribution >= 4 is 40.4 Å². The zero-order valence-electron chi connectivity index (χ0n) is 23.0. The van der Waals surface area contributed by atoms with Crippen molar-refractivity contribution in [3.63, 3.8) is 0 Å². The summed E-state index contributed by atoms with van der Waals surface area (Å²) < 4.78 is 7.71. The van der Waals surface area contributed by atoms with Gasteiger partial charge >= 0.3 is 11.8 Å². The van der Waals surface area contributed by atoms with E-state index in [-0.39, 0.29) is 29.8 Å². The number of carbonyl (C=O) groups is 2. The Kier molecular flexibility index (Phi) is 10.1. The topological polar surface area (TPSA) is 93.5 Å². The van der Waals surface area contributed by atoms with E-state index in [2.05, 4.69) is 23.8 Å². The molecule has 8 nitrogen and oxygen atoms in total. The average Bonchev–Trinajstić information content (AvgIpc) is 2.88. The van der Waals surface area contributed by atoms with E-state index >= 15 is 0 Å². The van der Waals surface area contributed by atoms with Gasteiger partial charge in [0.2, 0.25) is 0 Å². The van der Waals surface area contributed by atoms with E-state index in [1.807, 2.05) is 74.6 Å². The van der Waals surface area contributed by atoms with Gasteiger partial charge < -0.3 is 15.0 Å². The third-order valence-corrected chi connectivity index (χ3v) is 6.78. The van der Waals surface area contributed by atoms with Crippen LogP contribution in [0.2, 0.25) is 0 Å². The van der Waals surface area contributed by atoms with E-state index in [0.29, 0.717) is 21.4 Å². The van der Waals surface area contributed by atoms with Crippen molar-refractivity contribution in [2.24, 2.45) is 5.92 Å². The molecule has 2 amide bonds. The highest BCUT2D eigenvalue weighted by atomic mass is 127. The number of ether oxygens (including phenoxy) is 1. The first-order valence-corrected chi connectivity index (χ1v) is 13.8. The Balaban J connectivity index is 1.80. The van der Waals surface area contributed by atoms with E-state index in [1.54, 1.807) is 47.5 Å². The van der Waals surface area contributed by atoms with Gasteiger partial charge in [-0.05, 0) is 92.5 Å². The van der Waals surface area contributed by atoms with Crippen LogP contribution in [0.25, 0.3) is 5.69 Å². The molecular formula is C30H35IN4O4. The summed E-state index contributed by atoms with van der Waals surface area (Å²) >= 11 is 2.04. The first kappa shape index (κ1) is 30.1. The van der Waals surface area contributed by atoms with Crippen molar-refractivity contribution in [2.45, 2.75) is 59.2 Å². The molecule has 1 N–H and O–H groups in total. The van der Waals surface area contributed by atoms with E-state index in [9.17, 15) is 14.4 Å². The van der Waals surface area contributed by atoms with Crippen molar-refractivity contribution in [3.05, 3.63) is 98.6 Å². The lowest BCUT2D eigenvalue weighted by atomic mass is 10.0. The van der Waals surface area contributed by atoms with Gasteiger partial charge in [-0.15, -0.1) is 6.58 Å². The number of nitrogens with zero attached hydrogens (tertiary/aromatic N) is 3. The summed E-state index contributed by atoms with van der Waals surface area (Å²) in [5.41, 5.74) is 0.857. The minimum Gasteiger partial charge on any atom is -0.444 e. The van der Waals surface area contributed by atoms with Crippen LogP contribution in [0, 0.1) is 9.49 Å². The maximum atomic E-state index is 13.0. The predicted molar refractivity (Wildman–Crippen MR) is 162 cm³/mol. The van der Waals surface area contributed by atoms with Gasteiger partial charge in [0.1, 0.15) is 5.60 Å². The number of amides is 2. The number of carbonyl (C=O) groups excluding carboxylic acids is 2. The first-order chi connectivity index (χ1) is 18.4. The summed E-state index contributed by atoms with van der Waals surface area (Å²) in [4.78, 5) is 44.2. The molecule has 0 spiro atoms. The fourth-order valence-corrected chi connectivity index (χ4v) is 4.45. The Morgan fingerprint density at radius 1 is 1.13 bits per heavy atom. The summed E-state index contributed by atoms with van der Waals surface area (Å²) in [7, 11) is 0. The molecule has 2 atom stereocenters. The largest absolute Gasteiger partial charge is 0.444 e. The highest BCUT2D eigenvalue weighted by Gasteiger charge is 2.27. The molecule has 206 valence electrons. The number of nitrogens with one attached hydrogen (secondary N) is 1. The Morgan fingerprint density at radius 3 is 2.36 bits per heavy atom. The molecule has 2 aromatic carbocycles. The normalized spacial score (nSPS) is 12.8. The fraction of sp³-hybridized carbons (Fsp3) is 0.333. The molecule has 0 saturated heterocycles. The molecule has 0 aliphatic rings. The first-order valence-electron chi connectivity index (χ1n) is 12.7. The Hall–Kier alpha value is -3.47. The number of hydrogen-bond donors (Lipinski definition) is 1. The zero-order valence-corrected chi connectivity index (χ0v) is 25.1. The Labute approximate surface area is 243 Å². The fourth-order valence-electron chi connectivity index (χ4n) is 3.92. The summed E-state index contributed by atoms with van der Waals surface area (Å²) in [5, 5.41) is 2.71. The number of hydrogen-bond acceptors (Lipinski definition) is 5. The lowest BCUT2D eigenvalue weighted by molar-refractivity contribution is 0.0140. The summed E-state index contributed by atoms with van der Waals surface area (Å²) in [6.07, 6.45) is 3.90. The molecule has 1 heterocycles. The van der Waals surface area contributed by atoms with Crippen molar-refractivity contribution in [2.75, 3.05) is 5.32 Å². The van der Waals surface area contributed by atoms with Crippen LogP contribution in [0.1, 0.15) is 57.0 Å². The number of aromatic nitrogens is 2. The van der Waals surface area contributed by atoms with Crippen LogP contribution >= 0.6 is 22.6 Å². The second-order valence-electron chi connectivity index (χ2n) is 10.5. The van der Waals surface area contributed by atoms with Crippen LogP contribution in [0.3, 0.4) is 0 Å². The number of benzene rings is 2. The summed E-state index contributed by atoms with van der Waals surface area (Å²) in [6.45, 7) is 13.8. The minimum absolute atomic E-state index is 0.0698. The Bertz CT molecular complexity index is 1360. The highest BCUT2D eigenvalue weighted by molar-refractivity contribution is 14.1. The molecule has 1 aromatic heterocycles. The van der Waals surface area contributed by atoms with Crippen LogP contribution in [0.4, 0.5) is 10.6 Å². The number of anilines is 1. The molecule has 0 bridgehead atoms. The van der Waals surface area contributed by atoms with Gasteiger partial charge in [0, 0.05) is 24.3 Å². The predicted octanol–water partition coefficient (Wildman–Crippen LogP) is 6.43. The lowest BCUT2D eigenvalue weighted by Gasteiger charge is -2.32. The molecule has 0 fully saturated rings. The van der Waals surface area contributed by atoms with Crippen LogP contribution in [-0.2, 0) is 11.3 Å². The molecule has 0 aliphatic heterocycles. The van der Waals surface area contributed by atoms with Crippen molar-refractivity contribution < 1.29 is 14.3 Å². The van der Waals surface area contributed by atoms with Gasteiger partial charge in [0.25, 0.3) is 5.91 Å². The monoisotopic (exact) mass is 642 g/mol. The van der Waals surface area contributed by atoms with E-state index < -0.39 is 11.3 Å². The van der Waals surface area contributed by atoms with Crippen LogP contribution in [-0.4, -0.2) is 38.1 Å². The van der Waals surface area contributed by atoms with Gasteiger partial charge in [-0.1, -0.05) is 43.3 Å². The number of halogens is 1. The van der Waals surface area contributed by atoms with Crippen LogP contribution < -0.4 is 11.0 Å². The average molecular weight is 643 g/mol. The summed E-state index contributed by atoms with van der Waals surface area (Å²) in [5.74, 6) is 0.112. The second kappa shape index (κ2) is 13.1. The standard InChI is InChI=1S/C30H35IN4O4/c1-7-20(2)17-21(3)34(29(38)39-30(4,5)6)18-22-13-15-24(16-14-22)35-19-25(31)26(33-28(35)37)32-27(36)23-11-9-8-10-12-23/h7-16,19-21H,1,17-18H2,2-6H3,(H,32,33,36,37)/t20-,21-/m0/s1. The number of rotatable bonds is 9. The quantitative estimate of drug-likeness (QED) is 0.215. The van der Waals surface area contributed by atoms with E-state index in [4.69, 9.17) is 4.74 Å². The van der Waals surface area contributed by atoms with Crippen molar-refractivity contribution in [3.8, 4) is 5.69 Å². The van der Waals surface area contributed by atoms with Gasteiger partial charge in [-0.2, -0.15) is 4.98 Å². The smallest absolute Gasteiger partial charge is 0.410 e. The van der Waals surface area contributed by atoms with Crippen molar-refractivity contribution in [1.82, 2.24) is 14.5 Å². The molecule has 39 heavy (non-hydrogen) atoms. The maximum absolute atomic E-state index is 13.0. The third-order valence-electron chi connectivity index (χ3n) is 5.99. The molecule has 0 aliphatic carbocycles. The molecular weight excluding hydrogens is 607 g/mol. The molecule has 3 aromatic rings. The molecule has 3 rings (SSSR count). The lowest BCUT2D eigenvalue weighted by Crippen LogP contribution is -2.42. The molecule has 0 radical (unpaired) electrons. The minimum atomic E-state index is -0.610. The third kappa shape index (κ3) is 8.51. The van der Waals surface area contributed by atoms with Crippen molar-refractivity contribution in [1.29, 1.82) is 0 Å². The van der Waals surface area contributed by atoms with E-state index in [0.717, 1.165) is 12.0 Å². The molecule has 9 heteroatoms. The summed E-state index contributed by atoms with van der Waals surface area (Å²) in [6, 6.07) is 16.0. The van der Waals surface area contributed by atoms with E-state index in [1.165, 1.54) is 4.57 Å². The van der Waals surface area contributed by atoms with Gasteiger partial charge in [0.15, 0.2) is 5.82 Å². The molecule has 0 saturated carbocycles. The maximum Gasteiger partial charge on any atom is 0.410 e. The molecule has 0 unspecified atom stereocenters. The van der Waals surface area contributed by atoms with Gasteiger partial charge in [0.05, 0.1) is 9.26 Å². The zero-order chi connectivity index (χ0) is 28.7. The number of allylic oxidation sites excluding steroid dienone is 1. The Morgan fingerprint density at radius 2 is 1.77 bits per heavy atom. The highest BCUT2D eigenvalue weighted by Crippen LogP contribution is 2.21. The van der Waals surface area contributed by atoms with Gasteiger partial charge in [-0.25, -0.2) is 9.59 Å². The SMILES string of the molecule is C=C[C@H](C)C[C@H](C)N(Cc1ccc(-n2cc(I)c(NC(=O)c3ccccc3)nc2=O)cc1)C(=O)OC(C)(C)C. The van der Waals surface area contributed by atoms with Gasteiger partial charge in [-0.3, -0.25) is 9.36 Å². The second-order valence-corrected chi connectivity index (χ2v) is 11.6.